The fourth-order valence-electron chi connectivity index (χ4n) is 1.54. The van der Waals surface area contributed by atoms with Crippen LogP contribution in [0.2, 0.25) is 0 Å². The first-order valence-electron chi connectivity index (χ1n) is 5.06. The van der Waals surface area contributed by atoms with E-state index in [1.54, 1.807) is 0 Å². The van der Waals surface area contributed by atoms with Crippen molar-refractivity contribution >= 4 is 11.6 Å². The van der Waals surface area contributed by atoms with E-state index < -0.39 is 0 Å². The molecule has 1 amide bonds. The molecule has 1 aromatic heterocycles. The molecule has 0 unspecified atom stereocenters. The summed E-state index contributed by atoms with van der Waals surface area (Å²) >= 11 is 0. The molecule has 4 nitrogen and oxygen atoms in total. The van der Waals surface area contributed by atoms with Crippen LogP contribution in [0.25, 0.3) is 0 Å². The summed E-state index contributed by atoms with van der Waals surface area (Å²) in [5.74, 6) is 0.559. The summed E-state index contributed by atoms with van der Waals surface area (Å²) in [7, 11) is 0. The van der Waals surface area contributed by atoms with Gasteiger partial charge in [-0.2, -0.15) is 0 Å². The maximum absolute atomic E-state index is 11.9. The highest BCUT2D eigenvalue weighted by Crippen LogP contribution is 2.10. The molecule has 4 heteroatoms. The van der Waals surface area contributed by atoms with E-state index in [0.717, 1.165) is 17.2 Å². The number of carbonyl (C=O) groups excluding carboxylic acids is 1. The number of aromatic nitrogens is 2. The second kappa shape index (κ2) is 4.18. The zero-order valence-corrected chi connectivity index (χ0v) is 9.24. The van der Waals surface area contributed by atoms with E-state index in [4.69, 9.17) is 0 Å². The molecule has 2 aromatic rings. The Labute approximate surface area is 93.7 Å². The van der Waals surface area contributed by atoms with Crippen molar-refractivity contribution in [1.29, 1.82) is 0 Å². The molecule has 0 saturated heterocycles. The number of aryl methyl sites for hydroxylation is 2. The first-order valence-corrected chi connectivity index (χ1v) is 5.06. The number of nitrogens with zero attached hydrogens (tertiary/aromatic N) is 1. The van der Waals surface area contributed by atoms with Crippen LogP contribution < -0.4 is 5.32 Å². The molecule has 2 N–H and O–H groups in total. The molecule has 82 valence electrons. The van der Waals surface area contributed by atoms with Gasteiger partial charge in [0, 0.05) is 11.4 Å². The molecule has 0 atom stereocenters. The van der Waals surface area contributed by atoms with Gasteiger partial charge in [0.05, 0.1) is 0 Å². The van der Waals surface area contributed by atoms with Crippen LogP contribution in [0.3, 0.4) is 0 Å². The third-order valence-corrected chi connectivity index (χ3v) is 2.25. The van der Waals surface area contributed by atoms with E-state index in [9.17, 15) is 4.79 Å². The van der Waals surface area contributed by atoms with Crippen LogP contribution in [-0.2, 0) is 0 Å². The van der Waals surface area contributed by atoms with Crippen molar-refractivity contribution in [1.82, 2.24) is 9.97 Å². The van der Waals surface area contributed by atoms with E-state index >= 15 is 0 Å². The Morgan fingerprint density at radius 2 is 1.94 bits per heavy atom. The monoisotopic (exact) mass is 215 g/mol. The lowest BCUT2D eigenvalue weighted by molar-refractivity contribution is 0.102. The Bertz CT molecular complexity index is 502. The molecule has 0 radical (unpaired) electrons. The number of benzene rings is 1. The van der Waals surface area contributed by atoms with Gasteiger partial charge in [0.25, 0.3) is 5.91 Å². The molecule has 1 aromatic carbocycles. The lowest BCUT2D eigenvalue weighted by Crippen LogP contribution is -2.13. The van der Waals surface area contributed by atoms with E-state index in [2.05, 4.69) is 15.3 Å². The highest BCUT2D eigenvalue weighted by Gasteiger charge is 2.13. The molecule has 1 heterocycles. The number of imidazole rings is 1. The summed E-state index contributed by atoms with van der Waals surface area (Å²) in [4.78, 5) is 19.0. The van der Waals surface area contributed by atoms with E-state index in [0.29, 0.717) is 5.69 Å². The predicted molar refractivity (Wildman–Crippen MR) is 62.5 cm³/mol. The third kappa shape index (κ3) is 2.11. The first-order chi connectivity index (χ1) is 7.66. The lowest BCUT2D eigenvalue weighted by Gasteiger charge is -2.02. The highest BCUT2D eigenvalue weighted by molar-refractivity contribution is 6.03. The maximum atomic E-state index is 11.9. The van der Waals surface area contributed by atoms with E-state index in [1.165, 1.54) is 0 Å². The zero-order valence-electron chi connectivity index (χ0n) is 9.24. The number of rotatable bonds is 2. The molecule has 2 rings (SSSR count). The Morgan fingerprint density at radius 1 is 1.25 bits per heavy atom. The second-order valence-corrected chi connectivity index (χ2v) is 3.62. The normalized spacial score (nSPS) is 10.1. The number of hydrogen-bond donors (Lipinski definition) is 2. The van der Waals surface area contributed by atoms with Gasteiger partial charge in [-0.1, -0.05) is 18.2 Å². The van der Waals surface area contributed by atoms with Crippen molar-refractivity contribution in [2.45, 2.75) is 13.8 Å². The summed E-state index contributed by atoms with van der Waals surface area (Å²) in [5, 5.41) is 2.79. The van der Waals surface area contributed by atoms with Crippen molar-refractivity contribution < 1.29 is 4.79 Å². The Morgan fingerprint density at radius 3 is 2.50 bits per heavy atom. The molecule has 0 fully saturated rings. The second-order valence-electron chi connectivity index (χ2n) is 3.62. The molecular weight excluding hydrogens is 202 g/mol. The standard InChI is InChI=1S/C12H13N3O/c1-8-11(14-9(2)13-8)12(16)15-10-6-4-3-5-7-10/h3-7H,1-2H3,(H,13,14)(H,15,16). The number of para-hydroxylation sites is 1. The van der Waals surface area contributed by atoms with Gasteiger partial charge >= 0.3 is 0 Å². The van der Waals surface area contributed by atoms with Crippen molar-refractivity contribution in [3.05, 3.63) is 47.5 Å². The van der Waals surface area contributed by atoms with Gasteiger partial charge in [0.1, 0.15) is 11.5 Å². The Balaban J connectivity index is 2.18. The fourth-order valence-corrected chi connectivity index (χ4v) is 1.54. The number of H-pyrrole nitrogens is 1. The minimum absolute atomic E-state index is 0.187. The van der Waals surface area contributed by atoms with Gasteiger partial charge in [-0.05, 0) is 26.0 Å². The Kier molecular flexibility index (Phi) is 2.72. The number of aromatic amines is 1. The Hall–Kier alpha value is -2.10. The van der Waals surface area contributed by atoms with Gasteiger partial charge in [0.15, 0.2) is 0 Å². The SMILES string of the molecule is Cc1nc(C(=O)Nc2ccccc2)c(C)[nH]1. The van der Waals surface area contributed by atoms with Gasteiger partial charge in [-0.25, -0.2) is 4.98 Å². The van der Waals surface area contributed by atoms with Crippen LogP contribution in [0, 0.1) is 13.8 Å². The van der Waals surface area contributed by atoms with Gasteiger partial charge in [-0.15, -0.1) is 0 Å². The topological polar surface area (TPSA) is 57.8 Å². The lowest BCUT2D eigenvalue weighted by atomic mass is 10.3. The van der Waals surface area contributed by atoms with Crippen LogP contribution in [0.1, 0.15) is 22.0 Å². The number of carbonyl (C=O) groups is 1. The number of nitrogens with one attached hydrogen (secondary N) is 2. The minimum Gasteiger partial charge on any atom is -0.346 e. The predicted octanol–water partition coefficient (Wildman–Crippen LogP) is 2.28. The van der Waals surface area contributed by atoms with Gasteiger partial charge in [-0.3, -0.25) is 4.79 Å². The van der Waals surface area contributed by atoms with Crippen LogP contribution >= 0.6 is 0 Å². The molecule has 16 heavy (non-hydrogen) atoms. The van der Waals surface area contributed by atoms with Crippen molar-refractivity contribution in [3.63, 3.8) is 0 Å². The summed E-state index contributed by atoms with van der Waals surface area (Å²) in [6, 6.07) is 9.33. The molecule has 0 saturated carbocycles. The summed E-state index contributed by atoms with van der Waals surface area (Å²) in [6.07, 6.45) is 0. The van der Waals surface area contributed by atoms with Crippen LogP contribution in [-0.4, -0.2) is 15.9 Å². The molecule has 0 aliphatic rings. The van der Waals surface area contributed by atoms with E-state index in [-0.39, 0.29) is 5.91 Å². The van der Waals surface area contributed by atoms with Crippen LogP contribution in [0.4, 0.5) is 5.69 Å². The van der Waals surface area contributed by atoms with Gasteiger partial charge in [0.2, 0.25) is 0 Å². The smallest absolute Gasteiger partial charge is 0.276 e. The first kappa shape index (κ1) is 10.4. The minimum atomic E-state index is -0.187. The van der Waals surface area contributed by atoms with Crippen LogP contribution in [0.15, 0.2) is 30.3 Å². The van der Waals surface area contributed by atoms with E-state index in [1.807, 2.05) is 44.2 Å². The van der Waals surface area contributed by atoms with Crippen molar-refractivity contribution in [2.75, 3.05) is 5.32 Å². The molecule has 0 bridgehead atoms. The maximum Gasteiger partial charge on any atom is 0.276 e. The fraction of sp³-hybridized carbons (Fsp3) is 0.167. The molecule has 0 aliphatic heterocycles. The molecule has 0 aliphatic carbocycles. The zero-order chi connectivity index (χ0) is 11.5. The summed E-state index contributed by atoms with van der Waals surface area (Å²) in [5.41, 5.74) is 2.00. The molecular formula is C12H13N3O. The third-order valence-electron chi connectivity index (χ3n) is 2.25. The van der Waals surface area contributed by atoms with Gasteiger partial charge < -0.3 is 10.3 Å². The van der Waals surface area contributed by atoms with Crippen molar-refractivity contribution in [2.24, 2.45) is 0 Å². The number of hydrogen-bond acceptors (Lipinski definition) is 2. The largest absolute Gasteiger partial charge is 0.346 e. The molecule has 0 spiro atoms. The quantitative estimate of drug-likeness (QED) is 0.807. The highest BCUT2D eigenvalue weighted by atomic mass is 16.1. The average molecular weight is 215 g/mol. The summed E-state index contributed by atoms with van der Waals surface area (Å²) in [6.45, 7) is 3.66. The average Bonchev–Trinajstić information content (AvgIpc) is 2.59. The van der Waals surface area contributed by atoms with Crippen LogP contribution in [0.5, 0.6) is 0 Å². The van der Waals surface area contributed by atoms with Crippen molar-refractivity contribution in [3.8, 4) is 0 Å². The summed E-state index contributed by atoms with van der Waals surface area (Å²) < 4.78 is 0. The number of amides is 1. The number of anilines is 1.